The van der Waals surface area contributed by atoms with E-state index in [0.717, 1.165) is 65.6 Å². The Morgan fingerprint density at radius 2 is 1.59 bits per heavy atom. The molecular weight excluding hydrogens is 614 g/mol. The van der Waals surface area contributed by atoms with Crippen molar-refractivity contribution in [1.82, 2.24) is 24.6 Å². The molecule has 49 heavy (non-hydrogen) atoms. The predicted molar refractivity (Wildman–Crippen MR) is 191 cm³/mol. The van der Waals surface area contributed by atoms with Crippen LogP contribution in [0.5, 0.6) is 11.8 Å². The van der Waals surface area contributed by atoms with Gasteiger partial charge in [-0.1, -0.05) is 72.8 Å². The van der Waals surface area contributed by atoms with E-state index in [-0.39, 0.29) is 0 Å². The Hall–Kier alpha value is -5.15. The Balaban J connectivity index is 1.10. The summed E-state index contributed by atoms with van der Waals surface area (Å²) in [6.07, 6.45) is 4.39. The highest BCUT2D eigenvalue weighted by Crippen LogP contribution is 2.37. The molecule has 0 radical (unpaired) electrons. The summed E-state index contributed by atoms with van der Waals surface area (Å²) in [7, 11) is 1.99. The minimum absolute atomic E-state index is 0.378. The number of ether oxygens (including phenoxy) is 2. The molecule has 4 heterocycles. The van der Waals surface area contributed by atoms with Gasteiger partial charge in [0.2, 0.25) is 11.8 Å². The van der Waals surface area contributed by atoms with Crippen LogP contribution >= 0.6 is 0 Å². The fourth-order valence-corrected chi connectivity index (χ4v) is 7.10. The van der Waals surface area contributed by atoms with E-state index in [4.69, 9.17) is 19.6 Å². The summed E-state index contributed by atoms with van der Waals surface area (Å²) >= 11 is 0. The molecule has 1 N–H and O–H groups in total. The second-order valence-electron chi connectivity index (χ2n) is 13.1. The van der Waals surface area contributed by atoms with E-state index in [0.29, 0.717) is 50.0 Å². The summed E-state index contributed by atoms with van der Waals surface area (Å²) in [6.45, 7) is 6.26. The summed E-state index contributed by atoms with van der Waals surface area (Å²) in [6, 6.07) is 31.1. The van der Waals surface area contributed by atoms with Crippen LogP contribution in [-0.2, 0) is 20.3 Å². The van der Waals surface area contributed by atoms with Gasteiger partial charge in [0.1, 0.15) is 18.9 Å². The number of carbonyl (C=O) groups is 1. The molecule has 9 nitrogen and oxygen atoms in total. The second kappa shape index (κ2) is 14.5. The lowest BCUT2D eigenvalue weighted by molar-refractivity contribution is 0.0919. The number of hydrogen-bond donors (Lipinski definition) is 1. The lowest BCUT2D eigenvalue weighted by Crippen LogP contribution is -2.46. The molecular formula is C40H43N5O4. The van der Waals surface area contributed by atoms with Crippen molar-refractivity contribution in [2.24, 2.45) is 13.0 Å². The van der Waals surface area contributed by atoms with E-state index in [9.17, 15) is 9.90 Å². The van der Waals surface area contributed by atoms with Gasteiger partial charge in [0, 0.05) is 50.7 Å². The van der Waals surface area contributed by atoms with Crippen LogP contribution in [0.1, 0.15) is 42.9 Å². The van der Waals surface area contributed by atoms with Crippen molar-refractivity contribution in [3.05, 3.63) is 114 Å². The molecule has 9 heteroatoms. The average Bonchev–Trinajstić information content (AvgIpc) is 3.48. The van der Waals surface area contributed by atoms with Gasteiger partial charge in [0.15, 0.2) is 0 Å². The molecule has 7 rings (SSSR count). The van der Waals surface area contributed by atoms with Crippen LogP contribution in [0.4, 0.5) is 4.79 Å². The van der Waals surface area contributed by atoms with Crippen molar-refractivity contribution < 1.29 is 19.4 Å². The number of fused-ring (bicyclic) bond motifs is 1. The number of pyridine rings is 1. The third-order valence-electron chi connectivity index (χ3n) is 10.1. The maximum atomic E-state index is 11.3. The first-order valence-corrected chi connectivity index (χ1v) is 17.2. The van der Waals surface area contributed by atoms with Crippen LogP contribution in [0.2, 0.25) is 0 Å². The molecule has 1 atom stereocenters. The molecule has 0 spiro atoms. The Morgan fingerprint density at radius 3 is 2.24 bits per heavy atom. The zero-order valence-electron chi connectivity index (χ0n) is 28.2. The zero-order chi connectivity index (χ0) is 33.7. The number of piperidine rings is 1. The van der Waals surface area contributed by atoms with Gasteiger partial charge in [-0.3, -0.25) is 9.58 Å². The molecule has 2 aliphatic rings. The Bertz CT molecular complexity index is 1930. The highest BCUT2D eigenvalue weighted by Gasteiger charge is 2.30. The summed E-state index contributed by atoms with van der Waals surface area (Å²) in [5, 5.41) is 15.3. The van der Waals surface area contributed by atoms with E-state index in [1.54, 1.807) is 4.90 Å². The van der Waals surface area contributed by atoms with Crippen molar-refractivity contribution in [2.45, 2.75) is 45.4 Å². The van der Waals surface area contributed by atoms with Gasteiger partial charge in [-0.2, -0.15) is 10.1 Å². The van der Waals surface area contributed by atoms with Gasteiger partial charge in [-0.15, -0.1) is 0 Å². The first kappa shape index (κ1) is 32.4. The quantitative estimate of drug-likeness (QED) is 0.165. The molecule has 0 saturated carbocycles. The van der Waals surface area contributed by atoms with Gasteiger partial charge in [0.25, 0.3) is 0 Å². The standard InChI is InChI=1S/C40H43N5O4/c1-28(31-17-23-45(24-18-31)40(46)47)44-21-19-32(20-22-44)33-13-14-34-36(25-33)43(2)42-38(34)35-15-16-37(48-26-29-9-5-3-6-10-29)41-39(35)49-27-30-11-7-4-8-12-30/h3-16,19,25,28,31H,17-18,20-24,26-27H2,1-2H3,(H,46,47). The fourth-order valence-electron chi connectivity index (χ4n) is 7.10. The number of aromatic nitrogens is 3. The number of carboxylic acid groups (broad SMARTS) is 1. The molecule has 1 unspecified atom stereocenters. The maximum Gasteiger partial charge on any atom is 0.407 e. The monoisotopic (exact) mass is 657 g/mol. The largest absolute Gasteiger partial charge is 0.473 e. The van der Waals surface area contributed by atoms with Crippen LogP contribution in [0, 0.1) is 5.92 Å². The van der Waals surface area contributed by atoms with Crippen LogP contribution in [0.3, 0.4) is 0 Å². The van der Waals surface area contributed by atoms with Crippen molar-refractivity contribution >= 4 is 22.6 Å². The third kappa shape index (κ3) is 7.32. The lowest BCUT2D eigenvalue weighted by Gasteiger charge is -2.40. The minimum atomic E-state index is -0.801. The fraction of sp³-hybridized carbons (Fsp3) is 0.325. The number of aryl methyl sites for hydroxylation is 1. The van der Waals surface area contributed by atoms with Crippen molar-refractivity contribution in [2.75, 3.05) is 26.2 Å². The van der Waals surface area contributed by atoms with Crippen molar-refractivity contribution in [3.8, 4) is 23.0 Å². The van der Waals surface area contributed by atoms with Gasteiger partial charge < -0.3 is 19.5 Å². The van der Waals surface area contributed by atoms with Gasteiger partial charge >= 0.3 is 6.09 Å². The van der Waals surface area contributed by atoms with E-state index in [1.165, 1.54) is 11.1 Å². The van der Waals surface area contributed by atoms with Crippen molar-refractivity contribution in [3.63, 3.8) is 0 Å². The van der Waals surface area contributed by atoms with Crippen LogP contribution < -0.4 is 9.47 Å². The van der Waals surface area contributed by atoms with Crippen molar-refractivity contribution in [1.29, 1.82) is 0 Å². The molecule has 5 aromatic rings. The van der Waals surface area contributed by atoms with E-state index in [2.05, 4.69) is 36.1 Å². The second-order valence-corrected chi connectivity index (χ2v) is 13.1. The average molecular weight is 658 g/mol. The Kier molecular flexibility index (Phi) is 9.61. The lowest BCUT2D eigenvalue weighted by atomic mass is 9.88. The molecule has 3 aromatic carbocycles. The molecule has 2 aliphatic heterocycles. The zero-order valence-corrected chi connectivity index (χ0v) is 28.2. The molecule has 252 valence electrons. The van der Waals surface area contributed by atoms with Gasteiger partial charge in [-0.05, 0) is 72.6 Å². The smallest absolute Gasteiger partial charge is 0.407 e. The number of nitrogens with zero attached hydrogens (tertiary/aromatic N) is 5. The molecule has 0 aliphatic carbocycles. The summed E-state index contributed by atoms with van der Waals surface area (Å²) < 4.78 is 14.4. The molecule has 0 bridgehead atoms. The SMILES string of the molecule is CC(C1CCN(C(=O)O)CC1)N1CC=C(c2ccc3c(-c4ccc(OCc5ccccc5)nc4OCc4ccccc4)nn(C)c3c2)CC1. The topological polar surface area (TPSA) is 93.0 Å². The highest BCUT2D eigenvalue weighted by atomic mass is 16.5. The highest BCUT2D eigenvalue weighted by molar-refractivity contribution is 5.96. The number of rotatable bonds is 10. The van der Waals surface area contributed by atoms with E-state index < -0.39 is 6.09 Å². The van der Waals surface area contributed by atoms with E-state index in [1.807, 2.05) is 84.5 Å². The maximum absolute atomic E-state index is 11.3. The number of hydrogen-bond acceptors (Lipinski definition) is 6. The Morgan fingerprint density at radius 1 is 0.898 bits per heavy atom. The molecule has 2 aromatic heterocycles. The number of likely N-dealkylation sites (tertiary alicyclic amines) is 1. The number of benzene rings is 3. The third-order valence-corrected chi connectivity index (χ3v) is 10.1. The predicted octanol–water partition coefficient (Wildman–Crippen LogP) is 7.66. The summed E-state index contributed by atoms with van der Waals surface area (Å²) in [5.74, 6) is 1.50. The summed E-state index contributed by atoms with van der Waals surface area (Å²) in [5.41, 5.74) is 7.37. The summed E-state index contributed by atoms with van der Waals surface area (Å²) in [4.78, 5) is 20.2. The van der Waals surface area contributed by atoms with Crippen LogP contribution in [0.15, 0.2) is 97.1 Å². The molecule has 1 amide bonds. The van der Waals surface area contributed by atoms with E-state index >= 15 is 0 Å². The van der Waals surface area contributed by atoms with Gasteiger partial charge in [-0.25, -0.2) is 4.79 Å². The number of amides is 1. The Labute approximate surface area is 287 Å². The normalized spacial score (nSPS) is 16.4. The van der Waals surface area contributed by atoms with Crippen LogP contribution in [0.25, 0.3) is 27.7 Å². The van der Waals surface area contributed by atoms with Gasteiger partial charge in [0.05, 0.1) is 11.1 Å². The first-order valence-electron chi connectivity index (χ1n) is 17.2. The minimum Gasteiger partial charge on any atom is -0.473 e. The van der Waals surface area contributed by atoms with Crippen LogP contribution in [-0.4, -0.2) is 68.0 Å². The first-order chi connectivity index (χ1) is 23.9. The molecule has 1 saturated heterocycles. The molecule has 1 fully saturated rings.